The molecule has 0 heterocycles. The highest BCUT2D eigenvalue weighted by Crippen LogP contribution is 2.33. The van der Waals surface area contributed by atoms with Crippen LogP contribution in [0.15, 0.2) is 36.4 Å². The summed E-state index contributed by atoms with van der Waals surface area (Å²) < 4.78 is 6.20. The lowest BCUT2D eigenvalue weighted by Gasteiger charge is -2.08. The van der Waals surface area contributed by atoms with Gasteiger partial charge in [0.1, 0.15) is 5.75 Å². The van der Waals surface area contributed by atoms with E-state index in [0.717, 1.165) is 3.57 Å². The molecule has 0 unspecified atom stereocenters. The Morgan fingerprint density at radius 2 is 1.91 bits per heavy atom. The molecule has 7 heteroatoms. The number of rotatable bonds is 4. The van der Waals surface area contributed by atoms with Crippen LogP contribution in [0.1, 0.15) is 5.56 Å². The molecule has 0 aliphatic carbocycles. The summed E-state index contributed by atoms with van der Waals surface area (Å²) in [6, 6.07) is 8.60. The molecule has 0 bridgehead atoms. The lowest BCUT2D eigenvalue weighted by atomic mass is 10.2. The summed E-state index contributed by atoms with van der Waals surface area (Å²) in [6.45, 7) is 0. The number of amides is 1. The van der Waals surface area contributed by atoms with E-state index in [0.29, 0.717) is 32.1 Å². The van der Waals surface area contributed by atoms with Crippen LogP contribution < -0.4 is 10.1 Å². The normalized spacial score (nSPS) is 10.8. The second-order valence-electron chi connectivity index (χ2n) is 4.46. The van der Waals surface area contributed by atoms with Gasteiger partial charge < -0.3 is 10.1 Å². The average Bonchev–Trinajstić information content (AvgIpc) is 2.47. The molecule has 0 aromatic heterocycles. The monoisotopic (exact) mass is 481 g/mol. The van der Waals surface area contributed by atoms with Gasteiger partial charge in [0, 0.05) is 20.2 Å². The third-order valence-corrected chi connectivity index (χ3v) is 4.33. The van der Waals surface area contributed by atoms with E-state index in [1.54, 1.807) is 30.3 Å². The first-order chi connectivity index (χ1) is 10.9. The van der Waals surface area contributed by atoms with Crippen LogP contribution in [0.4, 0.5) is 5.69 Å². The predicted octanol–water partition coefficient (Wildman–Crippen LogP) is 5.91. The summed E-state index contributed by atoms with van der Waals surface area (Å²) in [4.78, 5) is 12.0. The van der Waals surface area contributed by atoms with Crippen LogP contribution >= 0.6 is 57.4 Å². The smallest absolute Gasteiger partial charge is 0.248 e. The van der Waals surface area contributed by atoms with Crippen molar-refractivity contribution in [2.24, 2.45) is 0 Å². The van der Waals surface area contributed by atoms with Crippen LogP contribution in [-0.4, -0.2) is 13.0 Å². The SMILES string of the molecule is COc1c(Cl)cc(Cl)cc1C=CC(=O)Nc1ccc(I)cc1Cl. The van der Waals surface area contributed by atoms with Crippen LogP contribution in [0.5, 0.6) is 5.75 Å². The van der Waals surface area contributed by atoms with Crippen molar-refractivity contribution in [3.63, 3.8) is 0 Å². The third kappa shape index (κ3) is 5.01. The number of ether oxygens (including phenoxy) is 1. The maximum Gasteiger partial charge on any atom is 0.248 e. The second-order valence-corrected chi connectivity index (χ2v) is 6.95. The third-order valence-electron chi connectivity index (χ3n) is 2.84. The van der Waals surface area contributed by atoms with Gasteiger partial charge in [-0.3, -0.25) is 4.79 Å². The van der Waals surface area contributed by atoms with Gasteiger partial charge in [0.2, 0.25) is 5.91 Å². The molecule has 0 spiro atoms. The molecule has 1 amide bonds. The predicted molar refractivity (Wildman–Crippen MR) is 105 cm³/mol. The highest BCUT2D eigenvalue weighted by Gasteiger charge is 2.08. The summed E-state index contributed by atoms with van der Waals surface area (Å²) in [5.74, 6) is 0.124. The summed E-state index contributed by atoms with van der Waals surface area (Å²) >= 11 is 20.2. The molecule has 0 saturated heterocycles. The van der Waals surface area contributed by atoms with E-state index >= 15 is 0 Å². The number of anilines is 1. The number of benzene rings is 2. The van der Waals surface area contributed by atoms with Crippen LogP contribution in [0.2, 0.25) is 15.1 Å². The molecule has 0 atom stereocenters. The van der Waals surface area contributed by atoms with E-state index < -0.39 is 0 Å². The van der Waals surface area contributed by atoms with Crippen LogP contribution in [0.3, 0.4) is 0 Å². The Labute approximate surface area is 162 Å². The van der Waals surface area contributed by atoms with Crippen molar-refractivity contribution in [1.29, 1.82) is 0 Å². The van der Waals surface area contributed by atoms with Gasteiger partial charge in [-0.25, -0.2) is 0 Å². The number of carbonyl (C=O) groups is 1. The van der Waals surface area contributed by atoms with Crippen LogP contribution in [0.25, 0.3) is 6.08 Å². The number of methoxy groups -OCH3 is 1. The number of halogens is 4. The first kappa shape index (κ1) is 18.4. The molecule has 2 aromatic carbocycles. The lowest BCUT2D eigenvalue weighted by Crippen LogP contribution is -2.08. The molecular weight excluding hydrogens is 471 g/mol. The zero-order chi connectivity index (χ0) is 17.0. The maximum absolute atomic E-state index is 12.0. The molecular formula is C16H11Cl3INO2. The van der Waals surface area contributed by atoms with Crippen molar-refractivity contribution in [1.82, 2.24) is 0 Å². The molecule has 23 heavy (non-hydrogen) atoms. The lowest BCUT2D eigenvalue weighted by molar-refractivity contribution is -0.111. The Morgan fingerprint density at radius 3 is 2.57 bits per heavy atom. The second kappa shape index (κ2) is 8.24. The number of carbonyl (C=O) groups excluding carboxylic acids is 1. The molecule has 0 aliphatic rings. The average molecular weight is 483 g/mol. The first-order valence-electron chi connectivity index (χ1n) is 6.38. The van der Waals surface area contributed by atoms with Gasteiger partial charge in [-0.2, -0.15) is 0 Å². The fourth-order valence-corrected chi connectivity index (χ4v) is 3.34. The fourth-order valence-electron chi connectivity index (χ4n) is 1.85. The summed E-state index contributed by atoms with van der Waals surface area (Å²) in [7, 11) is 1.50. The largest absolute Gasteiger partial charge is 0.495 e. The maximum atomic E-state index is 12.0. The Hall–Kier alpha value is -0.950. The van der Waals surface area contributed by atoms with Gasteiger partial charge in [0.25, 0.3) is 0 Å². The van der Waals surface area contributed by atoms with Gasteiger partial charge in [-0.05, 0) is 59.0 Å². The molecule has 2 rings (SSSR count). The Morgan fingerprint density at radius 1 is 1.17 bits per heavy atom. The number of hydrogen-bond acceptors (Lipinski definition) is 2. The molecule has 0 radical (unpaired) electrons. The molecule has 0 aliphatic heterocycles. The van der Waals surface area contributed by atoms with Crippen molar-refractivity contribution in [3.05, 3.63) is 60.6 Å². The van der Waals surface area contributed by atoms with Crippen molar-refractivity contribution in [3.8, 4) is 5.75 Å². The molecule has 0 saturated carbocycles. The minimum atomic E-state index is -0.328. The fraction of sp³-hybridized carbons (Fsp3) is 0.0625. The van der Waals surface area contributed by atoms with E-state index in [1.807, 2.05) is 6.07 Å². The van der Waals surface area contributed by atoms with E-state index in [1.165, 1.54) is 13.2 Å². The number of hydrogen-bond donors (Lipinski definition) is 1. The van der Waals surface area contributed by atoms with Crippen molar-refractivity contribution in [2.75, 3.05) is 12.4 Å². The standard InChI is InChI=1S/C16H11Cl3INO2/c1-23-16-9(6-10(17)7-13(16)19)2-5-15(22)21-14-4-3-11(20)8-12(14)18/h2-8H,1H3,(H,21,22). The van der Waals surface area contributed by atoms with E-state index in [-0.39, 0.29) is 5.91 Å². The minimum Gasteiger partial charge on any atom is -0.495 e. The van der Waals surface area contributed by atoms with Crippen LogP contribution in [-0.2, 0) is 4.79 Å². The van der Waals surface area contributed by atoms with Crippen LogP contribution in [0, 0.1) is 3.57 Å². The summed E-state index contributed by atoms with van der Waals surface area (Å²) in [6.07, 6.45) is 2.94. The topological polar surface area (TPSA) is 38.3 Å². The first-order valence-corrected chi connectivity index (χ1v) is 8.59. The Kier molecular flexibility index (Phi) is 6.59. The van der Waals surface area contributed by atoms with E-state index in [4.69, 9.17) is 39.5 Å². The highest BCUT2D eigenvalue weighted by molar-refractivity contribution is 14.1. The van der Waals surface area contributed by atoms with Crippen molar-refractivity contribution >= 4 is 75.1 Å². The van der Waals surface area contributed by atoms with E-state index in [2.05, 4.69) is 27.9 Å². The van der Waals surface area contributed by atoms with Gasteiger partial charge in [0.05, 0.1) is 22.8 Å². The molecule has 0 fully saturated rings. The molecule has 1 N–H and O–H groups in total. The van der Waals surface area contributed by atoms with E-state index in [9.17, 15) is 4.79 Å². The van der Waals surface area contributed by atoms with Crippen molar-refractivity contribution < 1.29 is 9.53 Å². The molecule has 120 valence electrons. The highest BCUT2D eigenvalue weighted by atomic mass is 127. The number of nitrogens with one attached hydrogen (secondary N) is 1. The van der Waals surface area contributed by atoms with Gasteiger partial charge in [0.15, 0.2) is 0 Å². The summed E-state index contributed by atoms with van der Waals surface area (Å²) in [5, 5.41) is 4.01. The van der Waals surface area contributed by atoms with Crippen molar-refractivity contribution in [2.45, 2.75) is 0 Å². The minimum absolute atomic E-state index is 0.328. The zero-order valence-corrected chi connectivity index (χ0v) is 16.3. The molecule has 3 nitrogen and oxygen atoms in total. The van der Waals surface area contributed by atoms with Gasteiger partial charge in [-0.1, -0.05) is 34.8 Å². The zero-order valence-electron chi connectivity index (χ0n) is 11.9. The van der Waals surface area contributed by atoms with Gasteiger partial charge >= 0.3 is 0 Å². The summed E-state index contributed by atoms with van der Waals surface area (Å²) in [5.41, 5.74) is 1.15. The molecule has 2 aromatic rings. The van der Waals surface area contributed by atoms with Gasteiger partial charge in [-0.15, -0.1) is 0 Å². The Balaban J connectivity index is 2.18. The Bertz CT molecular complexity index is 778. The quantitative estimate of drug-likeness (QED) is 0.435.